The number of hydroxylamine groups is 2. The number of hydrogen-bond donors (Lipinski definition) is 0. The van der Waals surface area contributed by atoms with Gasteiger partial charge >= 0.3 is 0 Å². The summed E-state index contributed by atoms with van der Waals surface area (Å²) >= 11 is 0. The minimum atomic E-state index is 0.0526. The van der Waals surface area contributed by atoms with Crippen LogP contribution in [0.25, 0.3) is 0 Å². The van der Waals surface area contributed by atoms with Crippen LogP contribution in [0.2, 0.25) is 0 Å². The molecule has 0 aromatic heterocycles. The highest BCUT2D eigenvalue weighted by atomic mass is 16.7. The fourth-order valence-electron chi connectivity index (χ4n) is 1.62. The number of carbonyl (C=O) groups excluding carboxylic acids is 1. The zero-order chi connectivity index (χ0) is 12.3. The van der Waals surface area contributed by atoms with Gasteiger partial charge < -0.3 is 0 Å². The number of benzene rings is 1. The summed E-state index contributed by atoms with van der Waals surface area (Å²) in [5, 5.41) is 10.1. The van der Waals surface area contributed by atoms with Crippen LogP contribution in [0.4, 0.5) is 0 Å². The first kappa shape index (κ1) is 11.6. The van der Waals surface area contributed by atoms with Crippen molar-refractivity contribution in [1.82, 2.24) is 5.06 Å². The number of carbonyl (C=O) groups is 1. The van der Waals surface area contributed by atoms with Gasteiger partial charge in [0.05, 0.1) is 25.3 Å². The van der Waals surface area contributed by atoms with E-state index in [2.05, 4.69) is 6.07 Å². The van der Waals surface area contributed by atoms with Crippen LogP contribution in [0.5, 0.6) is 0 Å². The molecular weight excluding hydrogens is 216 g/mol. The molecule has 1 aromatic carbocycles. The van der Waals surface area contributed by atoms with E-state index in [4.69, 9.17) is 10.1 Å². The average molecular weight is 230 g/mol. The zero-order valence-electron chi connectivity index (χ0n) is 9.72. The Kier molecular flexibility index (Phi) is 3.40. The smallest absolute Gasteiger partial charge is 0.249 e. The maximum Gasteiger partial charge on any atom is 0.249 e. The SMILES string of the molecule is CON(Cc1ccc(C#N)cc1)C(=O)C1CC1. The van der Waals surface area contributed by atoms with Gasteiger partial charge in [0, 0.05) is 5.92 Å². The molecule has 0 atom stereocenters. The Bertz CT molecular complexity index is 443. The van der Waals surface area contributed by atoms with Gasteiger partial charge in [-0.25, -0.2) is 5.06 Å². The molecule has 1 saturated carbocycles. The Labute approximate surface area is 100 Å². The fourth-order valence-corrected chi connectivity index (χ4v) is 1.62. The molecule has 17 heavy (non-hydrogen) atoms. The third-order valence-electron chi connectivity index (χ3n) is 2.80. The van der Waals surface area contributed by atoms with E-state index in [1.807, 2.05) is 12.1 Å². The lowest BCUT2D eigenvalue weighted by molar-refractivity contribution is -0.180. The van der Waals surface area contributed by atoms with Crippen molar-refractivity contribution >= 4 is 5.91 Å². The van der Waals surface area contributed by atoms with Crippen molar-refractivity contribution in [2.45, 2.75) is 19.4 Å². The highest BCUT2D eigenvalue weighted by molar-refractivity contribution is 5.80. The lowest BCUT2D eigenvalue weighted by Gasteiger charge is -2.19. The van der Waals surface area contributed by atoms with Gasteiger partial charge in [0.2, 0.25) is 5.91 Å². The van der Waals surface area contributed by atoms with E-state index in [9.17, 15) is 4.79 Å². The summed E-state index contributed by atoms with van der Waals surface area (Å²) in [4.78, 5) is 16.9. The molecule has 1 aliphatic carbocycles. The molecule has 0 aliphatic heterocycles. The van der Waals surface area contributed by atoms with Crippen LogP contribution < -0.4 is 0 Å². The van der Waals surface area contributed by atoms with Crippen molar-refractivity contribution in [3.63, 3.8) is 0 Å². The second-order valence-corrected chi connectivity index (χ2v) is 4.14. The number of amides is 1. The van der Waals surface area contributed by atoms with Crippen molar-refractivity contribution in [2.75, 3.05) is 7.11 Å². The van der Waals surface area contributed by atoms with Crippen molar-refractivity contribution in [2.24, 2.45) is 5.92 Å². The molecule has 0 saturated heterocycles. The molecule has 0 heterocycles. The van der Waals surface area contributed by atoms with E-state index in [1.165, 1.54) is 12.2 Å². The number of hydrogen-bond acceptors (Lipinski definition) is 3. The van der Waals surface area contributed by atoms with Crippen molar-refractivity contribution in [1.29, 1.82) is 5.26 Å². The topological polar surface area (TPSA) is 53.3 Å². The normalized spacial score (nSPS) is 14.1. The van der Waals surface area contributed by atoms with Gasteiger partial charge in [-0.2, -0.15) is 5.26 Å². The van der Waals surface area contributed by atoms with Crippen LogP contribution in [0, 0.1) is 17.2 Å². The second kappa shape index (κ2) is 4.98. The molecule has 0 unspecified atom stereocenters. The zero-order valence-corrected chi connectivity index (χ0v) is 9.72. The van der Waals surface area contributed by atoms with Crippen LogP contribution in [0.15, 0.2) is 24.3 Å². The van der Waals surface area contributed by atoms with Gasteiger partial charge in [-0.05, 0) is 30.5 Å². The number of nitriles is 1. The molecule has 1 aliphatic rings. The molecule has 1 amide bonds. The summed E-state index contributed by atoms with van der Waals surface area (Å²) in [6, 6.07) is 9.22. The molecule has 88 valence electrons. The molecule has 0 N–H and O–H groups in total. The molecule has 1 aromatic rings. The third kappa shape index (κ3) is 2.83. The first-order valence-electron chi connectivity index (χ1n) is 5.59. The first-order valence-corrected chi connectivity index (χ1v) is 5.59. The predicted octanol–water partition coefficient (Wildman–Crippen LogP) is 1.86. The Hall–Kier alpha value is -1.86. The van der Waals surface area contributed by atoms with Gasteiger partial charge in [0.25, 0.3) is 0 Å². The highest BCUT2D eigenvalue weighted by Crippen LogP contribution is 2.31. The number of rotatable bonds is 4. The van der Waals surface area contributed by atoms with Crippen molar-refractivity contribution in [3.8, 4) is 6.07 Å². The summed E-state index contributed by atoms with van der Waals surface area (Å²) in [7, 11) is 1.50. The summed E-state index contributed by atoms with van der Waals surface area (Å²) in [6.07, 6.45) is 1.93. The second-order valence-electron chi connectivity index (χ2n) is 4.14. The molecule has 0 bridgehead atoms. The maximum absolute atomic E-state index is 11.8. The fraction of sp³-hybridized carbons (Fsp3) is 0.385. The van der Waals surface area contributed by atoms with E-state index >= 15 is 0 Å². The standard InChI is InChI=1S/C13H14N2O2/c1-17-15(13(16)12-6-7-12)9-11-4-2-10(8-14)3-5-11/h2-5,12H,6-7,9H2,1H3. The van der Waals surface area contributed by atoms with E-state index in [0.29, 0.717) is 12.1 Å². The average Bonchev–Trinajstić information content (AvgIpc) is 3.20. The summed E-state index contributed by atoms with van der Waals surface area (Å²) < 4.78 is 0. The van der Waals surface area contributed by atoms with Crippen LogP contribution in [-0.2, 0) is 16.2 Å². The van der Waals surface area contributed by atoms with E-state index < -0.39 is 0 Å². The van der Waals surface area contributed by atoms with Crippen LogP contribution in [0.1, 0.15) is 24.0 Å². The van der Waals surface area contributed by atoms with E-state index in [1.54, 1.807) is 12.1 Å². The van der Waals surface area contributed by atoms with Crippen molar-refractivity contribution < 1.29 is 9.63 Å². The summed E-state index contributed by atoms with van der Waals surface area (Å²) in [5.41, 5.74) is 1.58. The largest absolute Gasteiger partial charge is 0.274 e. The molecule has 0 spiro atoms. The first-order chi connectivity index (χ1) is 8.24. The van der Waals surface area contributed by atoms with E-state index in [0.717, 1.165) is 18.4 Å². The molecule has 4 nitrogen and oxygen atoms in total. The lowest BCUT2D eigenvalue weighted by Crippen LogP contribution is -2.30. The highest BCUT2D eigenvalue weighted by Gasteiger charge is 2.33. The monoisotopic (exact) mass is 230 g/mol. The lowest BCUT2D eigenvalue weighted by atomic mass is 10.1. The van der Waals surface area contributed by atoms with Gasteiger partial charge in [-0.3, -0.25) is 9.63 Å². The van der Waals surface area contributed by atoms with Gasteiger partial charge in [-0.1, -0.05) is 12.1 Å². The minimum absolute atomic E-state index is 0.0526. The van der Waals surface area contributed by atoms with E-state index in [-0.39, 0.29) is 11.8 Å². The third-order valence-corrected chi connectivity index (χ3v) is 2.80. The van der Waals surface area contributed by atoms with Gasteiger partial charge in [-0.15, -0.1) is 0 Å². The quantitative estimate of drug-likeness (QED) is 0.742. The Morgan fingerprint density at radius 3 is 2.59 bits per heavy atom. The Morgan fingerprint density at radius 2 is 2.12 bits per heavy atom. The molecule has 0 radical (unpaired) electrons. The summed E-state index contributed by atoms with van der Waals surface area (Å²) in [6.45, 7) is 0.428. The predicted molar refractivity (Wildman–Crippen MR) is 61.4 cm³/mol. The van der Waals surface area contributed by atoms with Gasteiger partial charge in [0.15, 0.2) is 0 Å². The van der Waals surface area contributed by atoms with Crippen LogP contribution >= 0.6 is 0 Å². The van der Waals surface area contributed by atoms with Crippen molar-refractivity contribution in [3.05, 3.63) is 35.4 Å². The minimum Gasteiger partial charge on any atom is -0.274 e. The number of nitrogens with zero attached hydrogens (tertiary/aromatic N) is 2. The molecular formula is C13H14N2O2. The Morgan fingerprint density at radius 1 is 1.47 bits per heavy atom. The van der Waals surface area contributed by atoms with Gasteiger partial charge in [0.1, 0.15) is 0 Å². The maximum atomic E-state index is 11.8. The Balaban J connectivity index is 2.02. The molecule has 1 fully saturated rings. The molecule has 4 heteroatoms. The molecule has 2 rings (SSSR count). The summed E-state index contributed by atoms with van der Waals surface area (Å²) in [5.74, 6) is 0.199. The van der Waals surface area contributed by atoms with Crippen LogP contribution in [0.3, 0.4) is 0 Å². The van der Waals surface area contributed by atoms with Crippen LogP contribution in [-0.4, -0.2) is 18.1 Å².